The maximum Gasteiger partial charge on any atom is 0.257 e. The number of amides is 1. The van der Waals surface area contributed by atoms with E-state index >= 15 is 0 Å². The summed E-state index contributed by atoms with van der Waals surface area (Å²) in [5.74, 6) is 1.38. The molecule has 0 radical (unpaired) electrons. The van der Waals surface area contributed by atoms with Gasteiger partial charge in [-0.2, -0.15) is 0 Å². The molecule has 3 heterocycles. The second-order valence-electron chi connectivity index (χ2n) is 7.02. The quantitative estimate of drug-likeness (QED) is 0.905. The van der Waals surface area contributed by atoms with Gasteiger partial charge in [-0.3, -0.25) is 4.79 Å². The molecule has 0 aromatic carbocycles. The molecule has 0 unspecified atom stereocenters. The highest BCUT2D eigenvalue weighted by molar-refractivity contribution is 5.98. The molecule has 1 N–H and O–H groups in total. The summed E-state index contributed by atoms with van der Waals surface area (Å²) < 4.78 is 0. The number of aromatic nitrogens is 3. The Hall–Kier alpha value is -2.70. The van der Waals surface area contributed by atoms with E-state index in [1.165, 1.54) is 0 Å². The number of hydrogen-bond donors (Lipinski definition) is 1. The van der Waals surface area contributed by atoms with Gasteiger partial charge >= 0.3 is 0 Å². The number of nitrogens with zero attached hydrogens (tertiary/aromatic N) is 5. The maximum atomic E-state index is 12.6. The third-order valence-electron chi connectivity index (χ3n) is 4.36. The second kappa shape index (κ2) is 7.68. The van der Waals surface area contributed by atoms with Crippen LogP contribution in [0.1, 0.15) is 35.5 Å². The van der Waals surface area contributed by atoms with Crippen molar-refractivity contribution < 1.29 is 4.79 Å². The molecule has 0 aliphatic carbocycles. The molecule has 1 aliphatic rings. The van der Waals surface area contributed by atoms with Crippen molar-refractivity contribution in [3.05, 3.63) is 41.3 Å². The monoisotopic (exact) mass is 354 g/mol. The van der Waals surface area contributed by atoms with Crippen molar-refractivity contribution >= 4 is 17.7 Å². The Morgan fingerprint density at radius 1 is 1.19 bits per heavy atom. The Bertz CT molecular complexity index is 775. The van der Waals surface area contributed by atoms with Crippen molar-refractivity contribution in [2.75, 3.05) is 37.4 Å². The zero-order valence-electron chi connectivity index (χ0n) is 15.9. The van der Waals surface area contributed by atoms with E-state index in [2.05, 4.69) is 20.2 Å². The molecule has 7 heteroatoms. The number of carbonyl (C=O) groups excluding carboxylic acids is 1. The Labute approximate surface area is 154 Å². The Morgan fingerprint density at radius 2 is 1.88 bits per heavy atom. The summed E-state index contributed by atoms with van der Waals surface area (Å²) in [5.41, 5.74) is 2.80. The van der Waals surface area contributed by atoms with Crippen LogP contribution in [0.15, 0.2) is 24.5 Å². The molecule has 0 spiro atoms. The van der Waals surface area contributed by atoms with Crippen molar-refractivity contribution in [3.63, 3.8) is 0 Å². The Balaban J connectivity index is 1.92. The van der Waals surface area contributed by atoms with Gasteiger partial charge in [0.2, 0.25) is 5.95 Å². The van der Waals surface area contributed by atoms with E-state index in [4.69, 9.17) is 4.98 Å². The SMILES string of the molecule is CC(C)Nc1nc2c(cc1C(=O)N(C)C)CCN(c1ncccn1)CC2. The van der Waals surface area contributed by atoms with Crippen LogP contribution in [0.5, 0.6) is 0 Å². The fourth-order valence-electron chi connectivity index (χ4n) is 3.08. The third kappa shape index (κ3) is 3.92. The summed E-state index contributed by atoms with van der Waals surface area (Å²) in [6.07, 6.45) is 5.14. The number of rotatable bonds is 4. The van der Waals surface area contributed by atoms with Gasteiger partial charge in [-0.05, 0) is 38.0 Å². The van der Waals surface area contributed by atoms with Crippen LogP contribution in [0.3, 0.4) is 0 Å². The summed E-state index contributed by atoms with van der Waals surface area (Å²) >= 11 is 0. The number of carbonyl (C=O) groups is 1. The van der Waals surface area contributed by atoms with Crippen molar-refractivity contribution in [1.82, 2.24) is 19.9 Å². The van der Waals surface area contributed by atoms with Crippen molar-refractivity contribution in [2.45, 2.75) is 32.7 Å². The standard InChI is InChI=1S/C19H26N6O/c1-13(2)22-17-15(18(26)24(3)4)12-14-6-10-25(11-7-16(14)23-17)19-20-8-5-9-21-19/h5,8-9,12-13H,6-7,10-11H2,1-4H3,(H,22,23). The number of fused-ring (bicyclic) bond motifs is 1. The minimum atomic E-state index is -0.0315. The van der Waals surface area contributed by atoms with E-state index in [0.717, 1.165) is 43.1 Å². The van der Waals surface area contributed by atoms with Crippen molar-refractivity contribution in [3.8, 4) is 0 Å². The highest BCUT2D eigenvalue weighted by Crippen LogP contribution is 2.24. The molecule has 7 nitrogen and oxygen atoms in total. The van der Waals surface area contributed by atoms with Crippen LogP contribution in [0, 0.1) is 0 Å². The Kier molecular flexibility index (Phi) is 5.35. The van der Waals surface area contributed by atoms with Gasteiger partial charge in [-0.25, -0.2) is 15.0 Å². The molecule has 2 aromatic heterocycles. The minimum Gasteiger partial charge on any atom is -0.367 e. The van der Waals surface area contributed by atoms with Crippen LogP contribution in [-0.2, 0) is 12.8 Å². The number of pyridine rings is 1. The summed E-state index contributed by atoms with van der Waals surface area (Å²) in [6.45, 7) is 5.72. The first-order valence-electron chi connectivity index (χ1n) is 8.98. The van der Waals surface area contributed by atoms with Gasteiger partial charge in [0.05, 0.1) is 5.56 Å². The second-order valence-corrected chi connectivity index (χ2v) is 7.02. The fourth-order valence-corrected chi connectivity index (χ4v) is 3.08. The first kappa shape index (κ1) is 18.1. The van der Waals surface area contributed by atoms with Crippen molar-refractivity contribution in [2.24, 2.45) is 0 Å². The lowest BCUT2D eigenvalue weighted by Crippen LogP contribution is -2.27. The van der Waals surface area contributed by atoms with E-state index in [0.29, 0.717) is 11.4 Å². The molecule has 0 saturated carbocycles. The number of anilines is 2. The number of nitrogens with one attached hydrogen (secondary N) is 1. The van der Waals surface area contributed by atoms with Gasteiger partial charge < -0.3 is 15.1 Å². The van der Waals surface area contributed by atoms with Gasteiger partial charge in [0.15, 0.2) is 0 Å². The van der Waals surface area contributed by atoms with E-state index in [9.17, 15) is 4.79 Å². The van der Waals surface area contributed by atoms with Crippen LogP contribution in [0.4, 0.5) is 11.8 Å². The normalized spacial score (nSPS) is 14.0. The molecule has 0 atom stereocenters. The van der Waals surface area contributed by atoms with Gasteiger partial charge in [0.25, 0.3) is 5.91 Å². The van der Waals surface area contributed by atoms with Crippen LogP contribution in [-0.4, -0.2) is 59.0 Å². The zero-order chi connectivity index (χ0) is 18.7. The van der Waals surface area contributed by atoms with Crippen molar-refractivity contribution in [1.29, 1.82) is 0 Å². The predicted molar refractivity (Wildman–Crippen MR) is 103 cm³/mol. The average molecular weight is 354 g/mol. The van der Waals surface area contributed by atoms with E-state index in [1.54, 1.807) is 31.4 Å². The lowest BCUT2D eigenvalue weighted by atomic mass is 10.0. The van der Waals surface area contributed by atoms with E-state index in [1.807, 2.05) is 26.0 Å². The van der Waals surface area contributed by atoms with Crippen LogP contribution < -0.4 is 10.2 Å². The topological polar surface area (TPSA) is 74.2 Å². The smallest absolute Gasteiger partial charge is 0.257 e. The summed E-state index contributed by atoms with van der Waals surface area (Å²) in [4.78, 5) is 29.9. The molecule has 1 aliphatic heterocycles. The summed E-state index contributed by atoms with van der Waals surface area (Å²) in [6, 6.07) is 4.03. The fraction of sp³-hybridized carbons (Fsp3) is 0.474. The molecule has 0 bridgehead atoms. The Morgan fingerprint density at radius 3 is 2.54 bits per heavy atom. The molecule has 3 rings (SSSR count). The highest BCUT2D eigenvalue weighted by atomic mass is 16.2. The molecular weight excluding hydrogens is 328 g/mol. The first-order chi connectivity index (χ1) is 12.5. The number of hydrogen-bond acceptors (Lipinski definition) is 6. The minimum absolute atomic E-state index is 0.0315. The van der Waals surface area contributed by atoms with Gasteiger partial charge in [-0.15, -0.1) is 0 Å². The van der Waals surface area contributed by atoms with Crippen LogP contribution in [0.2, 0.25) is 0 Å². The largest absolute Gasteiger partial charge is 0.367 e. The van der Waals surface area contributed by atoms with Crippen LogP contribution >= 0.6 is 0 Å². The molecule has 1 amide bonds. The molecule has 138 valence electrons. The molecule has 26 heavy (non-hydrogen) atoms. The van der Waals surface area contributed by atoms with Crippen LogP contribution in [0.25, 0.3) is 0 Å². The average Bonchev–Trinajstić information content (AvgIpc) is 2.83. The predicted octanol–water partition coefficient (Wildman–Crippen LogP) is 2.00. The molecule has 0 fully saturated rings. The summed E-state index contributed by atoms with van der Waals surface area (Å²) in [7, 11) is 3.53. The first-order valence-corrected chi connectivity index (χ1v) is 8.98. The van der Waals surface area contributed by atoms with E-state index in [-0.39, 0.29) is 11.9 Å². The van der Waals surface area contributed by atoms with Gasteiger partial charge in [0.1, 0.15) is 5.82 Å². The van der Waals surface area contributed by atoms with E-state index < -0.39 is 0 Å². The van der Waals surface area contributed by atoms with Gasteiger partial charge in [-0.1, -0.05) is 0 Å². The lowest BCUT2D eigenvalue weighted by Gasteiger charge is -2.19. The third-order valence-corrected chi connectivity index (χ3v) is 4.36. The highest BCUT2D eigenvalue weighted by Gasteiger charge is 2.22. The molecular formula is C19H26N6O. The zero-order valence-corrected chi connectivity index (χ0v) is 15.9. The maximum absolute atomic E-state index is 12.6. The van der Waals surface area contributed by atoms with Gasteiger partial charge in [0, 0.05) is 57.7 Å². The summed E-state index contributed by atoms with van der Waals surface area (Å²) in [5, 5.41) is 3.33. The lowest BCUT2D eigenvalue weighted by molar-refractivity contribution is 0.0828. The molecule has 2 aromatic rings. The molecule has 0 saturated heterocycles.